The molecular formula is C30H32F3N5O5. The Balaban J connectivity index is 1.43. The van der Waals surface area contributed by atoms with Crippen LogP contribution in [-0.4, -0.2) is 89.5 Å². The van der Waals surface area contributed by atoms with Gasteiger partial charge in [-0.1, -0.05) is 0 Å². The van der Waals surface area contributed by atoms with Gasteiger partial charge in [-0.05, 0) is 43.3 Å². The van der Waals surface area contributed by atoms with Crippen molar-refractivity contribution < 1.29 is 37.3 Å². The highest BCUT2D eigenvalue weighted by Gasteiger charge is 2.39. The van der Waals surface area contributed by atoms with Gasteiger partial charge in [0.15, 0.2) is 11.3 Å². The van der Waals surface area contributed by atoms with Crippen LogP contribution in [0.5, 0.6) is 17.2 Å². The first-order chi connectivity index (χ1) is 20.6. The highest BCUT2D eigenvalue weighted by atomic mass is 19.4. The SMILES string of the molecule is COc1ccc(-c2nc3c(C(=O)N4CCN([C@@H](CO)c5ccc(OC)cc5OC)CC4)cnn3c(C(F)(F)F)c2C)cc1. The maximum atomic E-state index is 14.3. The quantitative estimate of drug-likeness (QED) is 0.321. The number of hydrogen-bond acceptors (Lipinski definition) is 8. The van der Waals surface area contributed by atoms with Crippen LogP contribution in [0.15, 0.2) is 48.7 Å². The van der Waals surface area contributed by atoms with E-state index < -0.39 is 17.8 Å². The number of carbonyl (C=O) groups is 1. The summed E-state index contributed by atoms with van der Waals surface area (Å²) in [6.45, 7) is 2.57. The Morgan fingerprint density at radius 1 is 0.977 bits per heavy atom. The molecule has 2 aromatic carbocycles. The third-order valence-electron chi connectivity index (χ3n) is 7.76. The predicted octanol–water partition coefficient (Wildman–Crippen LogP) is 4.24. The van der Waals surface area contributed by atoms with Crippen LogP contribution >= 0.6 is 0 Å². The summed E-state index contributed by atoms with van der Waals surface area (Å²) in [5.74, 6) is 1.26. The summed E-state index contributed by atoms with van der Waals surface area (Å²) in [5, 5.41) is 14.2. The highest BCUT2D eigenvalue weighted by molar-refractivity contribution is 6.00. The maximum absolute atomic E-state index is 14.3. The van der Waals surface area contributed by atoms with Crippen LogP contribution in [0.25, 0.3) is 16.9 Å². The standard InChI is InChI=1S/C30H32F3N5O5/c1-18-26(19-5-7-20(41-2)8-6-19)35-28-23(16-34-38(28)27(18)30(31,32)33)29(40)37-13-11-36(12-14-37)24(17-39)22-10-9-21(42-3)15-25(22)43-4/h5-10,15-16,24,39H,11-14,17H2,1-4H3/t24-/m0/s1. The lowest BCUT2D eigenvalue weighted by molar-refractivity contribution is -0.143. The van der Waals surface area contributed by atoms with Crippen LogP contribution < -0.4 is 14.2 Å². The zero-order chi connectivity index (χ0) is 30.9. The molecule has 4 aromatic rings. The second-order valence-electron chi connectivity index (χ2n) is 10.1. The molecule has 43 heavy (non-hydrogen) atoms. The Morgan fingerprint density at radius 3 is 2.21 bits per heavy atom. The van der Waals surface area contributed by atoms with Crippen LogP contribution in [-0.2, 0) is 6.18 Å². The van der Waals surface area contributed by atoms with Gasteiger partial charge in [-0.2, -0.15) is 18.3 Å². The van der Waals surface area contributed by atoms with Gasteiger partial charge in [-0.25, -0.2) is 9.50 Å². The molecule has 1 N–H and O–H groups in total. The molecule has 1 atom stereocenters. The molecule has 0 saturated carbocycles. The van der Waals surface area contributed by atoms with E-state index in [1.807, 2.05) is 11.0 Å². The zero-order valence-electron chi connectivity index (χ0n) is 24.2. The number of amides is 1. The fourth-order valence-electron chi connectivity index (χ4n) is 5.50. The lowest BCUT2D eigenvalue weighted by Crippen LogP contribution is -2.50. The molecule has 228 valence electrons. The van der Waals surface area contributed by atoms with Gasteiger partial charge in [0, 0.05) is 48.9 Å². The van der Waals surface area contributed by atoms with Crippen molar-refractivity contribution in [3.8, 4) is 28.5 Å². The molecule has 0 radical (unpaired) electrons. The second kappa shape index (κ2) is 12.1. The summed E-state index contributed by atoms with van der Waals surface area (Å²) in [5.41, 5.74) is 0.0241. The number of ether oxygens (including phenoxy) is 3. The average Bonchev–Trinajstić information content (AvgIpc) is 3.43. The van der Waals surface area contributed by atoms with Gasteiger partial charge in [-0.3, -0.25) is 9.69 Å². The molecular weight excluding hydrogens is 567 g/mol. The molecule has 1 saturated heterocycles. The van der Waals surface area contributed by atoms with Gasteiger partial charge in [0.05, 0.1) is 45.9 Å². The fourth-order valence-corrected chi connectivity index (χ4v) is 5.50. The summed E-state index contributed by atoms with van der Waals surface area (Å²) in [4.78, 5) is 21.8. The van der Waals surface area contributed by atoms with Crippen molar-refractivity contribution in [2.45, 2.75) is 19.1 Å². The van der Waals surface area contributed by atoms with E-state index in [4.69, 9.17) is 14.2 Å². The summed E-state index contributed by atoms with van der Waals surface area (Å²) in [6.07, 6.45) is -3.60. The number of piperazine rings is 1. The minimum absolute atomic E-state index is 0.0238. The van der Waals surface area contributed by atoms with Crippen LogP contribution in [0.1, 0.15) is 33.2 Å². The molecule has 3 heterocycles. The van der Waals surface area contributed by atoms with Crippen LogP contribution in [0, 0.1) is 6.92 Å². The summed E-state index contributed by atoms with van der Waals surface area (Å²) in [6, 6.07) is 11.5. The molecule has 10 nitrogen and oxygen atoms in total. The monoisotopic (exact) mass is 599 g/mol. The Kier molecular flexibility index (Phi) is 8.47. The average molecular weight is 600 g/mol. The summed E-state index contributed by atoms with van der Waals surface area (Å²) < 4.78 is 59.6. The summed E-state index contributed by atoms with van der Waals surface area (Å²) in [7, 11) is 4.59. The van der Waals surface area contributed by atoms with Crippen LogP contribution in [0.2, 0.25) is 0 Å². The van der Waals surface area contributed by atoms with E-state index in [1.54, 1.807) is 55.5 Å². The molecule has 1 aliphatic rings. The van der Waals surface area contributed by atoms with E-state index >= 15 is 0 Å². The minimum atomic E-state index is -4.74. The van der Waals surface area contributed by atoms with Gasteiger partial charge in [0.2, 0.25) is 0 Å². The molecule has 1 amide bonds. The van der Waals surface area contributed by atoms with Crippen LogP contribution in [0.4, 0.5) is 13.2 Å². The largest absolute Gasteiger partial charge is 0.497 e. The molecule has 1 aliphatic heterocycles. The number of fused-ring (bicyclic) bond motifs is 1. The Labute approximate surface area is 246 Å². The van der Waals surface area contributed by atoms with E-state index in [1.165, 1.54) is 14.0 Å². The number of aliphatic hydroxyl groups excluding tert-OH is 1. The van der Waals surface area contributed by atoms with E-state index in [9.17, 15) is 23.1 Å². The van der Waals surface area contributed by atoms with Crippen molar-refractivity contribution in [2.24, 2.45) is 0 Å². The Bertz CT molecular complexity index is 1620. The number of halogens is 3. The highest BCUT2D eigenvalue weighted by Crippen LogP contribution is 2.37. The normalized spacial score (nSPS) is 15.0. The van der Waals surface area contributed by atoms with Crippen LogP contribution in [0.3, 0.4) is 0 Å². The predicted molar refractivity (Wildman–Crippen MR) is 152 cm³/mol. The molecule has 5 rings (SSSR count). The number of nitrogens with zero attached hydrogens (tertiary/aromatic N) is 5. The van der Waals surface area contributed by atoms with Crippen molar-refractivity contribution >= 4 is 11.6 Å². The number of alkyl halides is 3. The van der Waals surface area contributed by atoms with Gasteiger partial charge < -0.3 is 24.2 Å². The molecule has 0 spiro atoms. The van der Waals surface area contributed by atoms with Crippen molar-refractivity contribution in [1.82, 2.24) is 24.4 Å². The lowest BCUT2D eigenvalue weighted by Gasteiger charge is -2.39. The molecule has 1 fully saturated rings. The molecule has 0 aliphatic carbocycles. The van der Waals surface area contributed by atoms with Gasteiger partial charge in [0.1, 0.15) is 22.8 Å². The second-order valence-corrected chi connectivity index (χ2v) is 10.1. The number of aromatic nitrogens is 3. The first-order valence-electron chi connectivity index (χ1n) is 13.6. The number of rotatable bonds is 8. The topological polar surface area (TPSA) is 102 Å². The van der Waals surface area contributed by atoms with E-state index in [0.717, 1.165) is 11.8 Å². The van der Waals surface area contributed by atoms with E-state index in [-0.39, 0.29) is 48.2 Å². The molecule has 13 heteroatoms. The minimum Gasteiger partial charge on any atom is -0.497 e. The number of methoxy groups -OCH3 is 3. The third-order valence-corrected chi connectivity index (χ3v) is 7.76. The number of carbonyl (C=O) groups excluding carboxylic acids is 1. The number of aliphatic hydroxyl groups is 1. The summed E-state index contributed by atoms with van der Waals surface area (Å²) >= 11 is 0. The van der Waals surface area contributed by atoms with Gasteiger partial charge >= 0.3 is 6.18 Å². The van der Waals surface area contributed by atoms with Gasteiger partial charge in [-0.15, -0.1) is 0 Å². The van der Waals surface area contributed by atoms with Crippen molar-refractivity contribution in [1.29, 1.82) is 0 Å². The third kappa shape index (κ3) is 5.69. The molecule has 2 aromatic heterocycles. The Morgan fingerprint density at radius 2 is 1.63 bits per heavy atom. The maximum Gasteiger partial charge on any atom is 0.433 e. The molecule has 0 bridgehead atoms. The first-order valence-corrected chi connectivity index (χ1v) is 13.6. The number of hydrogen-bond donors (Lipinski definition) is 1. The van der Waals surface area contributed by atoms with Crippen molar-refractivity contribution in [3.05, 3.63) is 71.0 Å². The van der Waals surface area contributed by atoms with E-state index in [0.29, 0.717) is 40.4 Å². The smallest absolute Gasteiger partial charge is 0.433 e. The first kappa shape index (κ1) is 30.1. The number of benzene rings is 2. The van der Waals surface area contributed by atoms with Gasteiger partial charge in [0.25, 0.3) is 5.91 Å². The lowest BCUT2D eigenvalue weighted by atomic mass is 10.0. The fraction of sp³-hybridized carbons (Fsp3) is 0.367. The van der Waals surface area contributed by atoms with E-state index in [2.05, 4.69) is 10.1 Å². The zero-order valence-corrected chi connectivity index (χ0v) is 24.2. The van der Waals surface area contributed by atoms with Crippen molar-refractivity contribution in [3.63, 3.8) is 0 Å². The Hall–Kier alpha value is -4.36. The van der Waals surface area contributed by atoms with Crippen molar-refractivity contribution in [2.75, 3.05) is 54.1 Å². The molecule has 0 unspecified atom stereocenters.